The zero-order valence-electron chi connectivity index (χ0n) is 14.2. The molecule has 0 saturated carbocycles. The summed E-state index contributed by atoms with van der Waals surface area (Å²) >= 11 is 0. The maximum Gasteiger partial charge on any atom is 0.220 e. The van der Waals surface area contributed by atoms with Crippen molar-refractivity contribution in [3.63, 3.8) is 0 Å². The first-order valence-electron chi connectivity index (χ1n) is 8.20. The minimum absolute atomic E-state index is 0.906. The van der Waals surface area contributed by atoms with E-state index in [9.17, 15) is 0 Å². The Hall–Kier alpha value is -2.87. The van der Waals surface area contributed by atoms with Crippen molar-refractivity contribution in [3.05, 3.63) is 78.2 Å². The molecule has 2 aromatic rings. The van der Waals surface area contributed by atoms with Gasteiger partial charge in [0.2, 0.25) is 5.69 Å². The molecule has 2 heterocycles. The molecule has 0 aliphatic carbocycles. The van der Waals surface area contributed by atoms with Crippen LogP contribution in [-0.2, 0) is 7.05 Å². The van der Waals surface area contributed by atoms with Gasteiger partial charge in [0.05, 0.1) is 11.1 Å². The van der Waals surface area contributed by atoms with Gasteiger partial charge in [0.15, 0.2) is 5.69 Å². The van der Waals surface area contributed by atoms with E-state index in [0.29, 0.717) is 0 Å². The Balaban J connectivity index is 2.04. The monoisotopic (exact) mass is 314 g/mol. The first kappa shape index (κ1) is 14.7. The standard InChI is InChI=1S/C22H20NO/c1-15-21-16(2)24-20(17-10-6-4-7-11-17)14-19(21)22(23(15)3)18-12-8-5-9-13-18/h4-14H,1-3H3/q+1. The number of benzene rings is 2. The van der Waals surface area contributed by atoms with Gasteiger partial charge in [0.1, 0.15) is 18.6 Å². The third-order valence-electron chi connectivity index (χ3n) is 4.72. The van der Waals surface area contributed by atoms with Crippen molar-refractivity contribution >= 4 is 0 Å². The first-order chi connectivity index (χ1) is 11.7. The fourth-order valence-corrected chi connectivity index (χ4v) is 3.48. The van der Waals surface area contributed by atoms with E-state index >= 15 is 0 Å². The van der Waals surface area contributed by atoms with E-state index in [1.54, 1.807) is 0 Å². The number of hydrogen-bond donors (Lipinski definition) is 0. The van der Waals surface area contributed by atoms with Crippen molar-refractivity contribution in [1.82, 2.24) is 0 Å². The minimum atomic E-state index is 0.906. The zero-order valence-corrected chi connectivity index (χ0v) is 14.2. The minimum Gasteiger partial charge on any atom is -0.460 e. The van der Waals surface area contributed by atoms with Gasteiger partial charge in [-0.2, -0.15) is 4.57 Å². The third kappa shape index (κ3) is 2.23. The number of hydrogen-bond acceptors (Lipinski definition) is 1. The average molecular weight is 314 g/mol. The van der Waals surface area contributed by atoms with Crippen molar-refractivity contribution in [2.45, 2.75) is 13.8 Å². The molecule has 118 valence electrons. The summed E-state index contributed by atoms with van der Waals surface area (Å²) in [5, 5.41) is 0. The highest BCUT2D eigenvalue weighted by molar-refractivity contribution is 5.84. The Morgan fingerprint density at radius 3 is 2.00 bits per heavy atom. The van der Waals surface area contributed by atoms with E-state index in [1.807, 2.05) is 18.2 Å². The van der Waals surface area contributed by atoms with Crippen LogP contribution in [-0.4, -0.2) is 0 Å². The highest BCUT2D eigenvalue weighted by atomic mass is 16.3. The van der Waals surface area contributed by atoms with Gasteiger partial charge in [-0.05, 0) is 25.1 Å². The zero-order chi connectivity index (χ0) is 16.7. The summed E-state index contributed by atoms with van der Waals surface area (Å²) in [6.45, 7) is 4.20. The van der Waals surface area contributed by atoms with Crippen LogP contribution in [0.25, 0.3) is 33.7 Å². The number of fused-ring (bicyclic) bond motifs is 1. The van der Waals surface area contributed by atoms with E-state index in [1.165, 1.54) is 28.1 Å². The molecule has 0 bridgehead atoms. The number of rotatable bonds is 2. The topological polar surface area (TPSA) is 17.0 Å². The van der Waals surface area contributed by atoms with E-state index in [4.69, 9.17) is 4.42 Å². The van der Waals surface area contributed by atoms with Crippen molar-refractivity contribution in [2.24, 2.45) is 7.05 Å². The number of aryl methyl sites for hydroxylation is 1. The first-order valence-corrected chi connectivity index (χ1v) is 8.20. The van der Waals surface area contributed by atoms with Crippen LogP contribution >= 0.6 is 0 Å². The summed E-state index contributed by atoms with van der Waals surface area (Å²) in [6.07, 6.45) is 0. The lowest BCUT2D eigenvalue weighted by Crippen LogP contribution is -2.31. The molecule has 0 aromatic heterocycles. The lowest BCUT2D eigenvalue weighted by molar-refractivity contribution is -0.662. The van der Waals surface area contributed by atoms with E-state index in [-0.39, 0.29) is 0 Å². The fourth-order valence-electron chi connectivity index (χ4n) is 3.48. The highest BCUT2D eigenvalue weighted by Gasteiger charge is 2.31. The number of aromatic nitrogens is 1. The summed E-state index contributed by atoms with van der Waals surface area (Å²) in [6, 6.07) is 23.0. The van der Waals surface area contributed by atoms with Gasteiger partial charge < -0.3 is 4.42 Å². The smallest absolute Gasteiger partial charge is 0.220 e. The predicted octanol–water partition coefficient (Wildman–Crippen LogP) is 5.16. The van der Waals surface area contributed by atoms with Crippen molar-refractivity contribution in [1.29, 1.82) is 0 Å². The van der Waals surface area contributed by atoms with Crippen molar-refractivity contribution in [3.8, 4) is 33.7 Å². The largest absolute Gasteiger partial charge is 0.460 e. The Labute approximate surface area is 142 Å². The van der Waals surface area contributed by atoms with Crippen molar-refractivity contribution < 1.29 is 8.98 Å². The molecule has 0 spiro atoms. The molecule has 2 aromatic carbocycles. The normalized spacial score (nSPS) is 11.1. The second-order valence-electron chi connectivity index (χ2n) is 6.18. The lowest BCUT2D eigenvalue weighted by atomic mass is 9.99. The van der Waals surface area contributed by atoms with E-state index < -0.39 is 0 Å². The average Bonchev–Trinajstić information content (AvgIpc) is 2.88. The lowest BCUT2D eigenvalue weighted by Gasteiger charge is -2.07. The molecule has 0 unspecified atom stereocenters. The predicted molar refractivity (Wildman–Crippen MR) is 96.9 cm³/mol. The van der Waals surface area contributed by atoms with Crippen molar-refractivity contribution in [2.75, 3.05) is 0 Å². The molecule has 2 heteroatoms. The maximum absolute atomic E-state index is 6.15. The molecule has 2 nitrogen and oxygen atoms in total. The Morgan fingerprint density at radius 2 is 1.38 bits per heavy atom. The Morgan fingerprint density at radius 1 is 0.792 bits per heavy atom. The Kier molecular flexibility index (Phi) is 3.46. The molecule has 0 atom stereocenters. The number of nitrogens with zero attached hydrogens (tertiary/aromatic N) is 1. The van der Waals surface area contributed by atoms with Gasteiger partial charge in [-0.15, -0.1) is 0 Å². The van der Waals surface area contributed by atoms with Crippen LogP contribution in [0.5, 0.6) is 0 Å². The second kappa shape index (κ2) is 5.64. The van der Waals surface area contributed by atoms with Crippen LogP contribution in [0.3, 0.4) is 0 Å². The maximum atomic E-state index is 6.15. The fraction of sp³-hybridized carbons (Fsp3) is 0.136. The molecule has 0 amide bonds. The molecular weight excluding hydrogens is 294 g/mol. The van der Waals surface area contributed by atoms with Crippen LogP contribution in [0, 0.1) is 13.8 Å². The molecule has 0 radical (unpaired) electrons. The quantitative estimate of drug-likeness (QED) is 0.467. The van der Waals surface area contributed by atoms with Crippen LogP contribution < -0.4 is 4.57 Å². The highest BCUT2D eigenvalue weighted by Crippen LogP contribution is 2.39. The summed E-state index contributed by atoms with van der Waals surface area (Å²) in [5.41, 5.74) is 7.23. The molecule has 4 rings (SSSR count). The van der Waals surface area contributed by atoms with Crippen LogP contribution in [0.15, 0.2) is 71.1 Å². The van der Waals surface area contributed by atoms with Gasteiger partial charge in [0.25, 0.3) is 0 Å². The molecule has 0 saturated heterocycles. The molecular formula is C22H20NO+. The summed E-state index contributed by atoms with van der Waals surface area (Å²) in [7, 11) is 2.12. The molecule has 2 aliphatic rings. The Bertz CT molecular complexity index is 968. The summed E-state index contributed by atoms with van der Waals surface area (Å²) in [4.78, 5) is 0. The summed E-state index contributed by atoms with van der Waals surface area (Å²) < 4.78 is 8.41. The second-order valence-corrected chi connectivity index (χ2v) is 6.18. The SMILES string of the molecule is Cc1oc(-c2ccccc2)cc2c(-c3ccccc3)[n+](C)c(C)c1-2. The van der Waals surface area contributed by atoms with Crippen LogP contribution in [0.4, 0.5) is 0 Å². The summed E-state index contributed by atoms with van der Waals surface area (Å²) in [5.74, 6) is 1.87. The van der Waals surface area contributed by atoms with Gasteiger partial charge in [0, 0.05) is 18.1 Å². The van der Waals surface area contributed by atoms with Gasteiger partial charge in [-0.1, -0.05) is 48.5 Å². The van der Waals surface area contributed by atoms with Crippen LogP contribution in [0.1, 0.15) is 11.5 Å². The van der Waals surface area contributed by atoms with Gasteiger partial charge >= 0.3 is 0 Å². The van der Waals surface area contributed by atoms with E-state index in [0.717, 1.165) is 17.1 Å². The van der Waals surface area contributed by atoms with Gasteiger partial charge in [-0.25, -0.2) is 0 Å². The van der Waals surface area contributed by atoms with Crippen LogP contribution in [0.2, 0.25) is 0 Å². The molecule has 24 heavy (non-hydrogen) atoms. The molecule has 2 aliphatic heterocycles. The van der Waals surface area contributed by atoms with E-state index in [2.05, 4.69) is 74.0 Å². The third-order valence-corrected chi connectivity index (χ3v) is 4.72. The molecule has 0 fully saturated rings. The van der Waals surface area contributed by atoms with Gasteiger partial charge in [-0.3, -0.25) is 0 Å². The molecule has 0 N–H and O–H groups in total.